The van der Waals surface area contributed by atoms with Crippen LogP contribution in [-0.2, 0) is 14.3 Å². The summed E-state index contributed by atoms with van der Waals surface area (Å²) in [6, 6.07) is 10.7. The highest BCUT2D eigenvalue weighted by atomic mass is 16.5. The number of dihydropyridines is 1. The number of benzene rings is 2. The smallest absolute Gasteiger partial charge is 0.337 e. The summed E-state index contributed by atoms with van der Waals surface area (Å²) in [6.07, 6.45) is 4.51. The third-order valence-corrected chi connectivity index (χ3v) is 8.04. The van der Waals surface area contributed by atoms with E-state index < -0.39 is 11.9 Å². The fraction of sp³-hybridized carbons (Fsp3) is 0.419. The van der Waals surface area contributed by atoms with Crippen LogP contribution in [0.25, 0.3) is 0 Å². The van der Waals surface area contributed by atoms with Gasteiger partial charge >= 0.3 is 5.97 Å². The molecule has 0 bridgehead atoms. The molecule has 1 fully saturated rings. The maximum absolute atomic E-state index is 13.9. The van der Waals surface area contributed by atoms with Gasteiger partial charge in [0.1, 0.15) is 6.10 Å². The number of rotatable bonds is 7. The number of aromatic hydroxyl groups is 1. The first-order valence-electron chi connectivity index (χ1n) is 13.4. The average Bonchev–Trinajstić information content (AvgIpc) is 3.44. The molecule has 2 aliphatic carbocycles. The lowest BCUT2D eigenvalue weighted by molar-refractivity contribution is -0.144. The number of phenolic OH excluding ortho intramolecular Hbond substituents is 1. The third-order valence-electron chi connectivity index (χ3n) is 8.04. The largest absolute Gasteiger partial charge is 0.504 e. The number of Topliss-reactive ketones (excluding diaryl/α,β-unsaturated/α-hetero) is 1. The molecule has 1 saturated carbocycles. The van der Waals surface area contributed by atoms with E-state index in [1.807, 2.05) is 25.1 Å². The van der Waals surface area contributed by atoms with Crippen molar-refractivity contribution in [2.75, 3.05) is 21.3 Å². The minimum Gasteiger partial charge on any atom is -0.504 e. The SMILES string of the molecule is COc1ccc([C@H]2C(C(=O)OC3CCCC3)=C(C)NC3=C2C(=O)C[C@H](c2ccc(OC)c(OC)c2)C3)cc1O. The average molecular weight is 534 g/mol. The second-order valence-corrected chi connectivity index (χ2v) is 10.4. The summed E-state index contributed by atoms with van der Waals surface area (Å²) in [6.45, 7) is 1.84. The minimum atomic E-state index is -0.661. The Bertz CT molecular complexity index is 1350. The summed E-state index contributed by atoms with van der Waals surface area (Å²) >= 11 is 0. The van der Waals surface area contributed by atoms with Crippen LogP contribution in [0.3, 0.4) is 0 Å². The number of allylic oxidation sites excluding steroid dienone is 3. The minimum absolute atomic E-state index is 0.0525. The molecule has 2 atom stereocenters. The van der Waals surface area contributed by atoms with Crippen molar-refractivity contribution in [3.63, 3.8) is 0 Å². The van der Waals surface area contributed by atoms with E-state index in [4.69, 9.17) is 18.9 Å². The molecule has 0 aromatic heterocycles. The van der Waals surface area contributed by atoms with E-state index in [2.05, 4.69) is 5.32 Å². The summed E-state index contributed by atoms with van der Waals surface area (Å²) in [5, 5.41) is 14.0. The number of hydrogen-bond donors (Lipinski definition) is 2. The van der Waals surface area contributed by atoms with Gasteiger partial charge in [-0.05, 0) is 80.3 Å². The zero-order valence-electron chi connectivity index (χ0n) is 22.8. The fourth-order valence-corrected chi connectivity index (χ4v) is 6.09. The lowest BCUT2D eigenvalue weighted by atomic mass is 9.71. The van der Waals surface area contributed by atoms with Crippen LogP contribution < -0.4 is 19.5 Å². The molecule has 8 heteroatoms. The van der Waals surface area contributed by atoms with Crippen LogP contribution in [0.15, 0.2) is 58.9 Å². The summed E-state index contributed by atoms with van der Waals surface area (Å²) in [4.78, 5) is 27.5. The number of carbonyl (C=O) groups is 2. The zero-order valence-corrected chi connectivity index (χ0v) is 22.8. The standard InChI is InChI=1S/C31H35NO7/c1-17-28(31(35)39-21-7-5-6-8-21)29(19-10-11-25(36-2)23(33)14-19)30-22(32-17)13-20(15-24(30)34)18-9-12-26(37-3)27(16-18)38-4/h9-12,14,16,20-21,29,32-33H,5-8,13,15H2,1-4H3/t20-,29+/m1/s1. The Labute approximate surface area is 228 Å². The van der Waals surface area contributed by atoms with Crippen LogP contribution in [0, 0.1) is 0 Å². The molecule has 206 valence electrons. The number of ether oxygens (including phenoxy) is 4. The fourth-order valence-electron chi connectivity index (χ4n) is 6.09. The Morgan fingerprint density at radius 1 is 0.897 bits per heavy atom. The maximum Gasteiger partial charge on any atom is 0.337 e. The Balaban J connectivity index is 1.55. The maximum atomic E-state index is 13.9. The predicted octanol–water partition coefficient (Wildman–Crippen LogP) is 5.27. The van der Waals surface area contributed by atoms with Crippen LogP contribution in [0.5, 0.6) is 23.0 Å². The molecule has 1 aliphatic heterocycles. The molecule has 2 N–H and O–H groups in total. The van der Waals surface area contributed by atoms with Crippen molar-refractivity contribution in [1.82, 2.24) is 5.32 Å². The molecule has 0 saturated heterocycles. The molecular weight excluding hydrogens is 498 g/mol. The first kappa shape index (κ1) is 26.7. The van der Waals surface area contributed by atoms with E-state index in [-0.39, 0.29) is 30.0 Å². The summed E-state index contributed by atoms with van der Waals surface area (Å²) in [7, 11) is 4.66. The number of esters is 1. The van der Waals surface area contributed by atoms with Gasteiger partial charge < -0.3 is 29.4 Å². The van der Waals surface area contributed by atoms with Gasteiger partial charge in [-0.3, -0.25) is 4.79 Å². The highest BCUT2D eigenvalue weighted by molar-refractivity contribution is 6.04. The number of phenols is 1. The topological polar surface area (TPSA) is 103 Å². The summed E-state index contributed by atoms with van der Waals surface area (Å²) < 4.78 is 22.0. The second kappa shape index (κ2) is 11.0. The van der Waals surface area contributed by atoms with Gasteiger partial charge in [-0.15, -0.1) is 0 Å². The number of hydrogen-bond acceptors (Lipinski definition) is 8. The highest BCUT2D eigenvalue weighted by Gasteiger charge is 2.42. The summed E-state index contributed by atoms with van der Waals surface area (Å²) in [5.74, 6) is 0.292. The molecule has 0 spiro atoms. The first-order valence-corrected chi connectivity index (χ1v) is 13.4. The van der Waals surface area contributed by atoms with E-state index in [0.29, 0.717) is 46.1 Å². The normalized spacial score (nSPS) is 21.4. The van der Waals surface area contributed by atoms with Crippen LogP contribution >= 0.6 is 0 Å². The molecule has 3 aliphatic rings. The number of carbonyl (C=O) groups excluding carboxylic acids is 2. The van der Waals surface area contributed by atoms with Gasteiger partial charge in [0, 0.05) is 29.3 Å². The van der Waals surface area contributed by atoms with Crippen LogP contribution in [0.1, 0.15) is 68.4 Å². The van der Waals surface area contributed by atoms with Crippen molar-refractivity contribution in [2.24, 2.45) is 0 Å². The van der Waals surface area contributed by atoms with E-state index >= 15 is 0 Å². The van der Waals surface area contributed by atoms with Crippen molar-refractivity contribution in [3.8, 4) is 23.0 Å². The zero-order chi connectivity index (χ0) is 27.7. The first-order chi connectivity index (χ1) is 18.8. The Hall–Kier alpha value is -3.94. The molecule has 1 heterocycles. The molecule has 0 radical (unpaired) electrons. The van der Waals surface area contributed by atoms with Gasteiger partial charge in [0.05, 0.1) is 26.9 Å². The van der Waals surface area contributed by atoms with Gasteiger partial charge in [-0.1, -0.05) is 12.1 Å². The Kier molecular flexibility index (Phi) is 7.55. The molecule has 8 nitrogen and oxygen atoms in total. The third kappa shape index (κ3) is 5.07. The van der Waals surface area contributed by atoms with Crippen LogP contribution in [0.2, 0.25) is 0 Å². The molecule has 2 aromatic carbocycles. The number of nitrogens with one attached hydrogen (secondary N) is 1. The molecular formula is C31H35NO7. The van der Waals surface area contributed by atoms with Gasteiger partial charge in [-0.2, -0.15) is 0 Å². The van der Waals surface area contributed by atoms with E-state index in [0.717, 1.165) is 36.9 Å². The van der Waals surface area contributed by atoms with Crippen molar-refractivity contribution in [3.05, 3.63) is 70.1 Å². The van der Waals surface area contributed by atoms with Gasteiger partial charge in [0.25, 0.3) is 0 Å². The van der Waals surface area contributed by atoms with Crippen LogP contribution in [0.4, 0.5) is 0 Å². The molecule has 2 aromatic rings. The quantitative estimate of drug-likeness (QED) is 0.465. The van der Waals surface area contributed by atoms with Crippen molar-refractivity contribution < 1.29 is 33.6 Å². The van der Waals surface area contributed by atoms with E-state index in [9.17, 15) is 14.7 Å². The molecule has 39 heavy (non-hydrogen) atoms. The molecule has 5 rings (SSSR count). The summed E-state index contributed by atoms with van der Waals surface area (Å²) in [5.41, 5.74) is 3.99. The lowest BCUT2D eigenvalue weighted by Gasteiger charge is -2.37. The van der Waals surface area contributed by atoms with E-state index in [1.54, 1.807) is 32.4 Å². The van der Waals surface area contributed by atoms with Gasteiger partial charge in [-0.25, -0.2) is 4.79 Å². The Morgan fingerprint density at radius 2 is 1.56 bits per heavy atom. The molecule has 0 amide bonds. The van der Waals surface area contributed by atoms with Crippen molar-refractivity contribution in [1.29, 1.82) is 0 Å². The van der Waals surface area contributed by atoms with Gasteiger partial charge in [0.2, 0.25) is 0 Å². The number of methoxy groups -OCH3 is 3. The van der Waals surface area contributed by atoms with Gasteiger partial charge in [0.15, 0.2) is 28.8 Å². The lowest BCUT2D eigenvalue weighted by Crippen LogP contribution is -2.36. The number of ketones is 1. The highest BCUT2D eigenvalue weighted by Crippen LogP contribution is 2.47. The predicted molar refractivity (Wildman–Crippen MR) is 145 cm³/mol. The van der Waals surface area contributed by atoms with Crippen molar-refractivity contribution >= 4 is 11.8 Å². The van der Waals surface area contributed by atoms with Crippen molar-refractivity contribution in [2.45, 2.75) is 63.4 Å². The second-order valence-electron chi connectivity index (χ2n) is 10.4. The van der Waals surface area contributed by atoms with E-state index in [1.165, 1.54) is 7.11 Å². The Morgan fingerprint density at radius 3 is 2.23 bits per heavy atom. The van der Waals surface area contributed by atoms with Crippen LogP contribution in [-0.4, -0.2) is 44.3 Å². The molecule has 0 unspecified atom stereocenters. The monoisotopic (exact) mass is 533 g/mol.